The SMILES string of the molecule is CN1CCC(OC2CCN(C(=O)C3CCC(C(=O)I)CC3)CC2)CC1. The van der Waals surface area contributed by atoms with Crippen molar-refractivity contribution in [1.82, 2.24) is 9.80 Å². The number of hydrogen-bond donors (Lipinski definition) is 0. The molecule has 0 aromatic carbocycles. The van der Waals surface area contributed by atoms with Gasteiger partial charge in [0, 0.05) is 38.0 Å². The van der Waals surface area contributed by atoms with Gasteiger partial charge < -0.3 is 14.5 Å². The summed E-state index contributed by atoms with van der Waals surface area (Å²) in [6, 6.07) is 0. The van der Waals surface area contributed by atoms with Gasteiger partial charge >= 0.3 is 0 Å². The molecular weight excluding hydrogens is 431 g/mol. The van der Waals surface area contributed by atoms with Gasteiger partial charge in [0.1, 0.15) is 0 Å². The van der Waals surface area contributed by atoms with Gasteiger partial charge in [0.25, 0.3) is 0 Å². The second-order valence-electron chi connectivity index (χ2n) is 8.02. The number of halogens is 1. The standard InChI is InChI=1S/C19H31IN2O3/c1-21-10-6-16(7-11-21)25-17-8-12-22(13-9-17)19(24)15-4-2-14(3-5-15)18(20)23/h14-17H,2-13H2,1H3. The van der Waals surface area contributed by atoms with Crippen LogP contribution in [0.25, 0.3) is 0 Å². The van der Waals surface area contributed by atoms with Crippen molar-refractivity contribution in [1.29, 1.82) is 0 Å². The van der Waals surface area contributed by atoms with Crippen LogP contribution in [-0.2, 0) is 14.3 Å². The van der Waals surface area contributed by atoms with Gasteiger partial charge in [-0.3, -0.25) is 9.59 Å². The van der Waals surface area contributed by atoms with Crippen LogP contribution in [0.15, 0.2) is 0 Å². The molecule has 3 rings (SSSR count). The molecule has 0 radical (unpaired) electrons. The van der Waals surface area contributed by atoms with E-state index in [0.29, 0.717) is 18.1 Å². The van der Waals surface area contributed by atoms with Crippen LogP contribution in [0.3, 0.4) is 0 Å². The molecular formula is C19H31IN2O3. The molecule has 3 fully saturated rings. The Kier molecular flexibility index (Phi) is 7.14. The van der Waals surface area contributed by atoms with Gasteiger partial charge in [0.2, 0.25) is 5.91 Å². The lowest BCUT2D eigenvalue weighted by Gasteiger charge is -2.38. The Morgan fingerprint density at radius 3 is 1.80 bits per heavy atom. The molecule has 0 unspecified atom stereocenters. The second kappa shape index (κ2) is 9.13. The summed E-state index contributed by atoms with van der Waals surface area (Å²) in [4.78, 5) is 28.6. The first-order valence-electron chi connectivity index (χ1n) is 9.85. The fourth-order valence-corrected chi connectivity index (χ4v) is 5.05. The topological polar surface area (TPSA) is 49.9 Å². The van der Waals surface area contributed by atoms with Crippen molar-refractivity contribution in [2.75, 3.05) is 33.2 Å². The molecule has 0 aromatic rings. The van der Waals surface area contributed by atoms with Crippen molar-refractivity contribution in [2.24, 2.45) is 11.8 Å². The smallest absolute Gasteiger partial charge is 0.225 e. The molecule has 1 aliphatic carbocycles. The second-order valence-corrected chi connectivity index (χ2v) is 9.08. The van der Waals surface area contributed by atoms with Gasteiger partial charge in [-0.2, -0.15) is 0 Å². The molecule has 2 heterocycles. The van der Waals surface area contributed by atoms with Crippen LogP contribution in [0, 0.1) is 11.8 Å². The Morgan fingerprint density at radius 1 is 0.800 bits per heavy atom. The Morgan fingerprint density at radius 2 is 1.28 bits per heavy atom. The van der Waals surface area contributed by atoms with E-state index in [1.165, 1.54) is 0 Å². The average Bonchev–Trinajstić information content (AvgIpc) is 2.64. The minimum Gasteiger partial charge on any atom is -0.375 e. The van der Waals surface area contributed by atoms with Crippen molar-refractivity contribution < 1.29 is 14.3 Å². The van der Waals surface area contributed by atoms with Gasteiger partial charge in [-0.05, 0) is 81.0 Å². The van der Waals surface area contributed by atoms with Crippen LogP contribution in [0.2, 0.25) is 0 Å². The fraction of sp³-hybridized carbons (Fsp3) is 0.895. The predicted octanol–water partition coefficient (Wildman–Crippen LogP) is 2.86. The summed E-state index contributed by atoms with van der Waals surface area (Å²) in [5.74, 6) is 0.633. The number of carbonyl (C=O) groups is 2. The highest BCUT2D eigenvalue weighted by Crippen LogP contribution is 2.32. The van der Waals surface area contributed by atoms with E-state index in [9.17, 15) is 9.59 Å². The number of amides is 1. The molecule has 142 valence electrons. The van der Waals surface area contributed by atoms with Crippen LogP contribution >= 0.6 is 22.6 Å². The minimum atomic E-state index is 0.137. The number of ether oxygens (including phenoxy) is 1. The zero-order chi connectivity index (χ0) is 17.8. The molecule has 1 amide bonds. The van der Waals surface area contributed by atoms with E-state index in [4.69, 9.17) is 4.74 Å². The van der Waals surface area contributed by atoms with E-state index in [0.717, 1.165) is 77.5 Å². The summed E-state index contributed by atoms with van der Waals surface area (Å²) >= 11 is 1.90. The molecule has 2 aliphatic heterocycles. The summed E-state index contributed by atoms with van der Waals surface area (Å²) in [7, 11) is 2.17. The van der Waals surface area contributed by atoms with Gasteiger partial charge in [0.05, 0.1) is 12.2 Å². The van der Waals surface area contributed by atoms with E-state index in [1.54, 1.807) is 0 Å². The third kappa shape index (κ3) is 5.39. The number of nitrogens with zero attached hydrogens (tertiary/aromatic N) is 2. The van der Waals surface area contributed by atoms with Crippen molar-refractivity contribution in [3.05, 3.63) is 0 Å². The van der Waals surface area contributed by atoms with Crippen LogP contribution in [0.4, 0.5) is 0 Å². The average molecular weight is 462 g/mol. The van der Waals surface area contributed by atoms with E-state index < -0.39 is 0 Å². The Hall–Kier alpha value is -0.210. The van der Waals surface area contributed by atoms with Crippen molar-refractivity contribution in [3.8, 4) is 0 Å². The Bertz CT molecular complexity index is 463. The highest BCUT2D eigenvalue weighted by molar-refractivity contribution is 14.1. The van der Waals surface area contributed by atoms with Crippen molar-refractivity contribution in [3.63, 3.8) is 0 Å². The normalized spacial score (nSPS) is 30.4. The minimum absolute atomic E-state index is 0.137. The zero-order valence-corrected chi connectivity index (χ0v) is 17.4. The highest BCUT2D eigenvalue weighted by Gasteiger charge is 2.33. The molecule has 0 N–H and O–H groups in total. The monoisotopic (exact) mass is 462 g/mol. The molecule has 0 aromatic heterocycles. The summed E-state index contributed by atoms with van der Waals surface area (Å²) < 4.78 is 6.55. The third-order valence-corrected chi connectivity index (χ3v) is 7.08. The van der Waals surface area contributed by atoms with Crippen LogP contribution < -0.4 is 0 Å². The quantitative estimate of drug-likeness (QED) is 0.477. The summed E-state index contributed by atoms with van der Waals surface area (Å²) in [6.45, 7) is 3.93. The van der Waals surface area contributed by atoms with E-state index in [-0.39, 0.29) is 15.6 Å². The zero-order valence-electron chi connectivity index (χ0n) is 15.3. The Labute approximate surface area is 165 Å². The lowest BCUT2D eigenvalue weighted by molar-refractivity contribution is -0.141. The molecule has 6 heteroatoms. The van der Waals surface area contributed by atoms with Crippen LogP contribution in [-0.4, -0.2) is 64.9 Å². The molecule has 5 nitrogen and oxygen atoms in total. The lowest BCUT2D eigenvalue weighted by atomic mass is 9.82. The third-order valence-electron chi connectivity index (χ3n) is 6.20. The number of carbonyl (C=O) groups excluding carboxylic acids is 2. The van der Waals surface area contributed by atoms with Crippen molar-refractivity contribution in [2.45, 2.75) is 63.6 Å². The number of rotatable bonds is 4. The van der Waals surface area contributed by atoms with E-state index in [2.05, 4.69) is 11.9 Å². The van der Waals surface area contributed by atoms with Crippen LogP contribution in [0.5, 0.6) is 0 Å². The number of hydrogen-bond acceptors (Lipinski definition) is 4. The van der Waals surface area contributed by atoms with Gasteiger partial charge in [0.15, 0.2) is 3.79 Å². The molecule has 3 aliphatic rings. The molecule has 0 spiro atoms. The van der Waals surface area contributed by atoms with E-state index >= 15 is 0 Å². The molecule has 1 saturated carbocycles. The van der Waals surface area contributed by atoms with E-state index in [1.807, 2.05) is 27.5 Å². The Balaban J connectivity index is 1.38. The first-order chi connectivity index (χ1) is 12.0. The van der Waals surface area contributed by atoms with Gasteiger partial charge in [-0.15, -0.1) is 0 Å². The first kappa shape index (κ1) is 19.5. The fourth-order valence-electron chi connectivity index (χ4n) is 4.43. The molecule has 25 heavy (non-hydrogen) atoms. The van der Waals surface area contributed by atoms with Gasteiger partial charge in [-0.25, -0.2) is 0 Å². The number of likely N-dealkylation sites (tertiary alicyclic amines) is 2. The maximum Gasteiger partial charge on any atom is 0.225 e. The lowest BCUT2D eigenvalue weighted by Crippen LogP contribution is -2.45. The maximum atomic E-state index is 12.8. The molecule has 0 bridgehead atoms. The van der Waals surface area contributed by atoms with Crippen LogP contribution in [0.1, 0.15) is 51.4 Å². The van der Waals surface area contributed by atoms with Gasteiger partial charge in [-0.1, -0.05) is 0 Å². The summed E-state index contributed by atoms with van der Waals surface area (Å²) in [5.41, 5.74) is 0. The van der Waals surface area contributed by atoms with Crippen molar-refractivity contribution >= 4 is 32.3 Å². The maximum absolute atomic E-state index is 12.8. The number of piperidine rings is 2. The summed E-state index contributed by atoms with van der Waals surface area (Å²) in [5, 5.41) is 0. The molecule has 0 atom stereocenters. The highest BCUT2D eigenvalue weighted by atomic mass is 127. The first-order valence-corrected chi connectivity index (χ1v) is 10.9. The largest absolute Gasteiger partial charge is 0.375 e. The summed E-state index contributed by atoms with van der Waals surface area (Å²) in [6.07, 6.45) is 8.47. The predicted molar refractivity (Wildman–Crippen MR) is 106 cm³/mol. The molecule has 2 saturated heterocycles.